The van der Waals surface area contributed by atoms with Gasteiger partial charge in [0, 0.05) is 26.2 Å². The Morgan fingerprint density at radius 3 is 1.41 bits per heavy atom. The number of hydrogen-bond acceptors (Lipinski definition) is 7. The van der Waals surface area contributed by atoms with Gasteiger partial charge in [-0.25, -0.2) is 9.59 Å². The van der Waals surface area contributed by atoms with E-state index in [2.05, 4.69) is 34.3 Å². The molecule has 0 aliphatic carbocycles. The number of alkyl carbamates (subject to hydrolysis) is 2. The Morgan fingerprint density at radius 1 is 0.649 bits per heavy atom. The highest BCUT2D eigenvalue weighted by Gasteiger charge is 2.03. The number of rotatable bonds is 8. The van der Waals surface area contributed by atoms with Gasteiger partial charge in [-0.1, -0.05) is 60.4 Å². The number of furan rings is 1. The molecule has 37 heavy (non-hydrogen) atoms. The van der Waals surface area contributed by atoms with Crippen molar-refractivity contribution in [3.05, 3.63) is 94.4 Å². The molecule has 6 N–H and O–H groups in total. The highest BCUT2D eigenvalue weighted by Crippen LogP contribution is 2.06. The van der Waals surface area contributed by atoms with Crippen LogP contribution in [0.4, 0.5) is 9.59 Å². The van der Waals surface area contributed by atoms with E-state index in [9.17, 15) is 9.59 Å². The van der Waals surface area contributed by atoms with E-state index in [1.165, 1.54) is 0 Å². The van der Waals surface area contributed by atoms with Crippen LogP contribution >= 0.6 is 0 Å². The van der Waals surface area contributed by atoms with Crippen molar-refractivity contribution in [2.24, 2.45) is 11.5 Å². The topological polar surface area (TPSA) is 142 Å². The van der Waals surface area contributed by atoms with E-state index in [1.807, 2.05) is 48.5 Å². The summed E-state index contributed by atoms with van der Waals surface area (Å²) < 4.78 is 15.5. The van der Waals surface area contributed by atoms with E-state index in [1.54, 1.807) is 12.1 Å². The van der Waals surface area contributed by atoms with Crippen LogP contribution in [-0.2, 0) is 35.7 Å². The second-order valence-electron chi connectivity index (χ2n) is 7.67. The molecule has 0 atom stereocenters. The molecule has 0 saturated carbocycles. The molecule has 0 spiro atoms. The molecule has 1 heterocycles. The Balaban J connectivity index is 1.32. The summed E-state index contributed by atoms with van der Waals surface area (Å²) in [7, 11) is 0. The van der Waals surface area contributed by atoms with Gasteiger partial charge in [0.15, 0.2) is 24.7 Å². The second kappa shape index (κ2) is 14.6. The van der Waals surface area contributed by atoms with Crippen molar-refractivity contribution in [3.63, 3.8) is 0 Å². The van der Waals surface area contributed by atoms with Crippen LogP contribution in [0.3, 0.4) is 0 Å². The molecule has 9 heteroatoms. The van der Waals surface area contributed by atoms with E-state index in [4.69, 9.17) is 25.4 Å². The zero-order chi connectivity index (χ0) is 26.3. The van der Waals surface area contributed by atoms with Gasteiger partial charge in [0.25, 0.3) is 0 Å². The number of carbonyl (C=O) groups excluding carboxylic acids is 2. The van der Waals surface area contributed by atoms with Crippen molar-refractivity contribution in [1.29, 1.82) is 0 Å². The third-order valence-electron chi connectivity index (χ3n) is 4.97. The highest BCUT2D eigenvalue weighted by molar-refractivity contribution is 5.67. The molecule has 3 rings (SSSR count). The minimum absolute atomic E-state index is 0.0974. The van der Waals surface area contributed by atoms with Crippen molar-refractivity contribution in [2.75, 3.05) is 13.2 Å². The summed E-state index contributed by atoms with van der Waals surface area (Å²) in [6.45, 7) is 1.42. The van der Waals surface area contributed by atoms with Crippen molar-refractivity contribution < 1.29 is 23.5 Å². The van der Waals surface area contributed by atoms with Crippen LogP contribution in [0.2, 0.25) is 0 Å². The van der Waals surface area contributed by atoms with Crippen LogP contribution in [0.5, 0.6) is 0 Å². The van der Waals surface area contributed by atoms with Crippen LogP contribution in [0.1, 0.15) is 33.8 Å². The molecular weight excluding hydrogens is 472 g/mol. The first-order valence-electron chi connectivity index (χ1n) is 11.5. The van der Waals surface area contributed by atoms with Crippen LogP contribution < -0.4 is 22.1 Å². The molecule has 0 aliphatic rings. The quantitative estimate of drug-likeness (QED) is 0.349. The summed E-state index contributed by atoms with van der Waals surface area (Å²) in [5.41, 5.74) is 15.0. The van der Waals surface area contributed by atoms with Crippen molar-refractivity contribution >= 4 is 12.2 Å². The Kier molecular flexibility index (Phi) is 10.6. The van der Waals surface area contributed by atoms with Crippen molar-refractivity contribution in [3.8, 4) is 23.7 Å². The highest BCUT2D eigenvalue weighted by atomic mass is 16.6. The zero-order valence-corrected chi connectivity index (χ0v) is 20.2. The smallest absolute Gasteiger partial charge is 0.408 e. The predicted octanol–water partition coefficient (Wildman–Crippen LogP) is 2.75. The number of amides is 2. The number of nitrogens with two attached hydrogens (primary N) is 2. The van der Waals surface area contributed by atoms with E-state index in [0.717, 1.165) is 22.3 Å². The Hall–Kier alpha value is -4.70. The van der Waals surface area contributed by atoms with E-state index >= 15 is 0 Å². The fraction of sp³-hybridized carbons (Fsp3) is 0.214. The monoisotopic (exact) mass is 500 g/mol. The van der Waals surface area contributed by atoms with Crippen LogP contribution in [0, 0.1) is 23.7 Å². The number of nitrogens with one attached hydrogen (secondary N) is 2. The summed E-state index contributed by atoms with van der Waals surface area (Å²) in [6, 6.07) is 18.5. The van der Waals surface area contributed by atoms with Crippen molar-refractivity contribution in [2.45, 2.75) is 26.2 Å². The molecule has 0 bridgehead atoms. The molecule has 0 saturated heterocycles. The van der Waals surface area contributed by atoms with Gasteiger partial charge in [-0.3, -0.25) is 0 Å². The molecule has 9 nitrogen and oxygen atoms in total. The first kappa shape index (κ1) is 26.9. The van der Waals surface area contributed by atoms with Crippen LogP contribution in [0.15, 0.2) is 65.1 Å². The SMILES string of the molecule is NCc1ccc(CNC(=O)OCC#Cc2ccc(C#CCOC(=O)NCc3ccc(CN)cc3)o2)cc1. The largest absolute Gasteiger partial charge is 0.439 e. The minimum atomic E-state index is -0.572. The Bertz CT molecular complexity index is 1190. The predicted molar refractivity (Wildman–Crippen MR) is 138 cm³/mol. The lowest BCUT2D eigenvalue weighted by atomic mass is 10.1. The van der Waals surface area contributed by atoms with Gasteiger partial charge < -0.3 is 36.0 Å². The lowest BCUT2D eigenvalue weighted by molar-refractivity contribution is 0.158. The normalized spacial score (nSPS) is 9.78. The third kappa shape index (κ3) is 9.82. The number of ether oxygens (including phenoxy) is 2. The first-order chi connectivity index (χ1) is 18.1. The summed E-state index contributed by atoms with van der Waals surface area (Å²) >= 11 is 0. The van der Waals surface area contributed by atoms with Crippen molar-refractivity contribution in [1.82, 2.24) is 10.6 Å². The fourth-order valence-corrected chi connectivity index (χ4v) is 2.96. The second-order valence-corrected chi connectivity index (χ2v) is 7.67. The zero-order valence-electron chi connectivity index (χ0n) is 20.2. The molecule has 0 fully saturated rings. The maximum atomic E-state index is 11.8. The first-order valence-corrected chi connectivity index (χ1v) is 11.5. The molecule has 0 unspecified atom stereocenters. The lowest BCUT2D eigenvalue weighted by Crippen LogP contribution is -2.23. The molecule has 3 aromatic rings. The molecule has 2 amide bonds. The average molecular weight is 501 g/mol. The van der Waals surface area contributed by atoms with Gasteiger partial charge >= 0.3 is 12.2 Å². The third-order valence-corrected chi connectivity index (χ3v) is 4.97. The summed E-state index contributed by atoms with van der Waals surface area (Å²) in [6.07, 6.45) is -1.14. The Labute approximate surface area is 215 Å². The summed E-state index contributed by atoms with van der Waals surface area (Å²) in [5, 5.41) is 5.30. The summed E-state index contributed by atoms with van der Waals surface area (Å²) in [4.78, 5) is 23.6. The number of carbonyl (C=O) groups is 2. The molecular formula is C28H28N4O5. The van der Waals surface area contributed by atoms with E-state index in [0.29, 0.717) is 37.7 Å². The maximum absolute atomic E-state index is 11.8. The fourth-order valence-electron chi connectivity index (χ4n) is 2.96. The van der Waals surface area contributed by atoms with Gasteiger partial charge in [-0.15, -0.1) is 0 Å². The molecule has 1 aromatic heterocycles. The molecule has 0 radical (unpaired) electrons. The lowest BCUT2D eigenvalue weighted by Gasteiger charge is -2.05. The summed E-state index contributed by atoms with van der Waals surface area (Å²) in [5.74, 6) is 11.6. The number of benzene rings is 2. The van der Waals surface area contributed by atoms with Gasteiger partial charge in [-0.2, -0.15) is 0 Å². The standard InChI is InChI=1S/C28H28N4O5/c29-17-21-5-9-23(10-6-21)19-31-27(33)35-15-1-3-25-13-14-26(37-25)4-2-16-36-28(34)32-20-24-11-7-22(18-30)8-12-24/h5-14H,15-20,29-30H2,(H,31,33)(H,32,34). The minimum Gasteiger partial charge on any atom is -0.439 e. The van der Waals surface area contributed by atoms with E-state index < -0.39 is 12.2 Å². The van der Waals surface area contributed by atoms with Gasteiger partial charge in [-0.05, 0) is 46.2 Å². The maximum Gasteiger partial charge on any atom is 0.408 e. The Morgan fingerprint density at radius 2 is 1.03 bits per heavy atom. The van der Waals surface area contributed by atoms with Gasteiger partial charge in [0.05, 0.1) is 0 Å². The van der Waals surface area contributed by atoms with Crippen LogP contribution in [0.25, 0.3) is 0 Å². The van der Waals surface area contributed by atoms with Crippen LogP contribution in [-0.4, -0.2) is 25.4 Å². The van der Waals surface area contributed by atoms with Gasteiger partial charge in [0.1, 0.15) is 0 Å². The number of hydrogen-bond donors (Lipinski definition) is 4. The average Bonchev–Trinajstić information content (AvgIpc) is 3.39. The molecule has 2 aromatic carbocycles. The van der Waals surface area contributed by atoms with E-state index in [-0.39, 0.29) is 13.2 Å². The molecule has 0 aliphatic heterocycles. The molecule has 190 valence electrons. The van der Waals surface area contributed by atoms with Gasteiger partial charge in [0.2, 0.25) is 0 Å².